The number of nitrogens with zero attached hydrogens (tertiary/aromatic N) is 1. The van der Waals surface area contributed by atoms with E-state index in [1.165, 1.54) is 0 Å². The quantitative estimate of drug-likeness (QED) is 0.652. The zero-order valence-electron chi connectivity index (χ0n) is 6.68. The van der Waals surface area contributed by atoms with Crippen molar-refractivity contribution >= 4 is 11.0 Å². The van der Waals surface area contributed by atoms with Crippen LogP contribution in [0.1, 0.15) is 11.4 Å². The minimum atomic E-state index is -0.00796. The maximum atomic E-state index is 8.96. The van der Waals surface area contributed by atoms with Gasteiger partial charge in [0.25, 0.3) is 0 Å². The Morgan fingerprint density at radius 1 is 1.67 bits per heavy atom. The van der Waals surface area contributed by atoms with Gasteiger partial charge in [0.1, 0.15) is 16.9 Å². The van der Waals surface area contributed by atoms with Gasteiger partial charge >= 0.3 is 0 Å². The lowest BCUT2D eigenvalue weighted by molar-refractivity contribution is 0.283. The van der Waals surface area contributed by atoms with E-state index < -0.39 is 0 Å². The van der Waals surface area contributed by atoms with Gasteiger partial charge in [-0.05, 0) is 19.1 Å². The van der Waals surface area contributed by atoms with Gasteiger partial charge in [0.2, 0.25) is 0 Å². The number of aromatic amines is 1. The van der Waals surface area contributed by atoms with E-state index in [9.17, 15) is 0 Å². The summed E-state index contributed by atoms with van der Waals surface area (Å²) in [7, 11) is 0. The second-order valence-corrected chi connectivity index (χ2v) is 2.64. The number of fused-ring (bicyclic) bond motifs is 1. The number of hydrogen-bond acceptors (Lipinski definition) is 2. The van der Waals surface area contributed by atoms with Crippen molar-refractivity contribution in [1.82, 2.24) is 9.97 Å². The molecule has 0 radical (unpaired) electrons. The molecule has 0 atom stereocenters. The Kier molecular flexibility index (Phi) is 1.49. The van der Waals surface area contributed by atoms with Crippen molar-refractivity contribution in [2.45, 2.75) is 13.5 Å². The fourth-order valence-electron chi connectivity index (χ4n) is 1.20. The predicted molar refractivity (Wildman–Crippen MR) is 44.4 cm³/mol. The van der Waals surface area contributed by atoms with Crippen LogP contribution in [0.4, 0.5) is 0 Å². The number of nitrogens with one attached hydrogen (secondary N) is 1. The van der Waals surface area contributed by atoms with Crippen LogP contribution < -0.4 is 0 Å². The summed E-state index contributed by atoms with van der Waals surface area (Å²) < 4.78 is 0. The monoisotopic (exact) mass is 160 g/mol. The van der Waals surface area contributed by atoms with Crippen molar-refractivity contribution < 1.29 is 5.11 Å². The fraction of sp³-hybridized carbons (Fsp3) is 0.222. The van der Waals surface area contributed by atoms with E-state index in [0.717, 1.165) is 22.4 Å². The van der Waals surface area contributed by atoms with Gasteiger partial charge in [-0.2, -0.15) is 0 Å². The van der Waals surface area contributed by atoms with Crippen molar-refractivity contribution in [3.05, 3.63) is 29.6 Å². The van der Waals surface area contributed by atoms with Crippen LogP contribution in [0.2, 0.25) is 0 Å². The van der Waals surface area contributed by atoms with Crippen LogP contribution >= 0.6 is 0 Å². The molecule has 0 amide bonds. The molecule has 0 aliphatic heterocycles. The zero-order valence-corrected chi connectivity index (χ0v) is 6.68. The molecule has 0 aliphatic rings. The Bertz CT molecular complexity index is 406. The molecule has 0 unspecified atom stereocenters. The average molecular weight is 160 g/mol. The van der Waals surface area contributed by atoms with Crippen molar-refractivity contribution in [1.29, 1.82) is 0 Å². The molecule has 1 aromatic heterocycles. The van der Waals surface area contributed by atoms with E-state index in [0.29, 0.717) is 0 Å². The summed E-state index contributed by atoms with van der Waals surface area (Å²) in [6, 6.07) is 7.40. The first-order chi connectivity index (χ1) is 5.81. The van der Waals surface area contributed by atoms with E-state index >= 15 is 0 Å². The number of aliphatic hydroxyl groups is 1. The van der Waals surface area contributed by atoms with Gasteiger partial charge < -0.3 is 10.1 Å². The molecule has 3 nitrogen and oxygen atoms in total. The molecular weight excluding hydrogens is 152 g/mol. The highest BCUT2D eigenvalue weighted by Crippen LogP contribution is 2.12. The fourth-order valence-corrected chi connectivity index (χ4v) is 1.20. The van der Waals surface area contributed by atoms with Crippen LogP contribution in [0, 0.1) is 19.1 Å². The second kappa shape index (κ2) is 2.50. The Morgan fingerprint density at radius 2 is 2.50 bits per heavy atom. The van der Waals surface area contributed by atoms with E-state index in [1.54, 1.807) is 6.07 Å². The normalized spacial score (nSPS) is 10.2. The van der Waals surface area contributed by atoms with Gasteiger partial charge in [-0.1, -0.05) is 6.07 Å². The van der Waals surface area contributed by atoms with Crippen LogP contribution in [0.5, 0.6) is 0 Å². The lowest BCUT2D eigenvalue weighted by atomic mass is 10.2. The molecular formula is C9H8N2O. The molecule has 2 rings (SSSR count). The highest BCUT2D eigenvalue weighted by atomic mass is 16.3. The number of rotatable bonds is 1. The molecule has 0 fully saturated rings. The molecule has 1 aromatic carbocycles. The summed E-state index contributed by atoms with van der Waals surface area (Å²) in [5, 5.41) is 8.96. The summed E-state index contributed by atoms with van der Waals surface area (Å²) in [4.78, 5) is 7.24. The minimum Gasteiger partial charge on any atom is -0.392 e. The SMILES string of the molecule is Cc1nc2c(CO)cc#cc2[nH]1. The highest BCUT2D eigenvalue weighted by molar-refractivity contribution is 5.76. The van der Waals surface area contributed by atoms with Crippen molar-refractivity contribution in [2.75, 3.05) is 0 Å². The van der Waals surface area contributed by atoms with Gasteiger partial charge in [-0.3, -0.25) is 0 Å². The van der Waals surface area contributed by atoms with Crippen LogP contribution in [-0.4, -0.2) is 15.1 Å². The van der Waals surface area contributed by atoms with Gasteiger partial charge in [0.15, 0.2) is 0 Å². The van der Waals surface area contributed by atoms with E-state index in [2.05, 4.69) is 22.1 Å². The van der Waals surface area contributed by atoms with Gasteiger partial charge in [-0.25, -0.2) is 4.98 Å². The van der Waals surface area contributed by atoms with Crippen LogP contribution in [0.25, 0.3) is 11.0 Å². The summed E-state index contributed by atoms with van der Waals surface area (Å²) in [6.45, 7) is 1.86. The highest BCUT2D eigenvalue weighted by Gasteiger charge is 2.02. The lowest BCUT2D eigenvalue weighted by Crippen LogP contribution is -1.83. The Hall–Kier alpha value is -1.53. The summed E-state index contributed by atoms with van der Waals surface area (Å²) >= 11 is 0. The molecule has 60 valence electrons. The maximum absolute atomic E-state index is 8.96. The Labute approximate surface area is 70.1 Å². The summed E-state index contributed by atoms with van der Waals surface area (Å²) in [6.07, 6.45) is 0. The van der Waals surface area contributed by atoms with Gasteiger partial charge in [0.05, 0.1) is 6.61 Å². The van der Waals surface area contributed by atoms with E-state index in [4.69, 9.17) is 5.11 Å². The molecule has 3 heteroatoms. The first kappa shape index (κ1) is 7.14. The van der Waals surface area contributed by atoms with Crippen molar-refractivity contribution in [2.24, 2.45) is 0 Å². The van der Waals surface area contributed by atoms with Crippen LogP contribution in [0.3, 0.4) is 0 Å². The molecule has 0 saturated heterocycles. The van der Waals surface area contributed by atoms with E-state index in [-0.39, 0.29) is 6.61 Å². The third kappa shape index (κ3) is 0.936. The van der Waals surface area contributed by atoms with Crippen LogP contribution in [0.15, 0.2) is 6.07 Å². The van der Waals surface area contributed by atoms with E-state index in [1.807, 2.05) is 6.92 Å². The molecule has 12 heavy (non-hydrogen) atoms. The number of aliphatic hydroxyl groups excluding tert-OH is 1. The summed E-state index contributed by atoms with van der Waals surface area (Å²) in [5.41, 5.74) is 2.38. The lowest BCUT2D eigenvalue weighted by Gasteiger charge is -1.91. The molecule has 1 heterocycles. The number of aromatic nitrogens is 2. The zero-order chi connectivity index (χ0) is 8.55. The molecule has 0 bridgehead atoms. The molecule has 2 aromatic rings. The minimum absolute atomic E-state index is 0.00796. The summed E-state index contributed by atoms with van der Waals surface area (Å²) in [5.74, 6) is 0.829. The standard InChI is InChI=1S/C9H8N2O/c1-6-10-8-4-2-3-7(5-12)9(8)11-6/h3,12H,5H2,1H3,(H,10,11). The average Bonchev–Trinajstić information content (AvgIpc) is 2.44. The third-order valence-corrected chi connectivity index (χ3v) is 1.74. The number of imidazole rings is 1. The van der Waals surface area contributed by atoms with Crippen molar-refractivity contribution in [3.63, 3.8) is 0 Å². The predicted octanol–water partition coefficient (Wildman–Crippen LogP) is 0.964. The van der Waals surface area contributed by atoms with Gasteiger partial charge in [-0.15, -0.1) is 0 Å². The van der Waals surface area contributed by atoms with Crippen molar-refractivity contribution in [3.8, 4) is 0 Å². The third-order valence-electron chi connectivity index (χ3n) is 1.74. The Morgan fingerprint density at radius 3 is 3.25 bits per heavy atom. The largest absolute Gasteiger partial charge is 0.392 e. The van der Waals surface area contributed by atoms with Gasteiger partial charge in [0, 0.05) is 5.56 Å². The molecule has 2 N–H and O–H groups in total. The smallest absolute Gasteiger partial charge is 0.117 e. The molecule has 0 aliphatic carbocycles. The Balaban J connectivity index is 2.78. The first-order valence-corrected chi connectivity index (χ1v) is 3.69. The maximum Gasteiger partial charge on any atom is 0.117 e. The first-order valence-electron chi connectivity index (χ1n) is 3.69. The molecule has 0 saturated carbocycles. The molecule has 0 spiro atoms. The number of H-pyrrole nitrogens is 1. The number of aryl methyl sites for hydroxylation is 1. The topological polar surface area (TPSA) is 48.9 Å². The van der Waals surface area contributed by atoms with Crippen LogP contribution in [-0.2, 0) is 6.61 Å². The number of hydrogen-bond donors (Lipinski definition) is 2. The second-order valence-electron chi connectivity index (χ2n) is 2.64.